The van der Waals surface area contributed by atoms with Crippen LogP contribution in [0.2, 0.25) is 0 Å². The smallest absolute Gasteiger partial charge is 0.309 e. The molecule has 0 bridgehead atoms. The molecule has 0 spiro atoms. The molecule has 1 saturated heterocycles. The maximum atomic E-state index is 11.8. The van der Waals surface area contributed by atoms with Gasteiger partial charge in [0.2, 0.25) is 4.77 Å². The lowest BCUT2D eigenvalue weighted by molar-refractivity contribution is -0.144. The number of aromatic amines is 2. The zero-order valence-electron chi connectivity index (χ0n) is 11.3. The van der Waals surface area contributed by atoms with Crippen molar-refractivity contribution in [1.29, 1.82) is 0 Å². The van der Waals surface area contributed by atoms with E-state index in [1.54, 1.807) is 0 Å². The number of nitrogens with zero attached hydrogens (tertiary/aromatic N) is 1. The second-order valence-corrected chi connectivity index (χ2v) is 5.55. The summed E-state index contributed by atoms with van der Waals surface area (Å²) in [6, 6.07) is 0. The van der Waals surface area contributed by atoms with Crippen molar-refractivity contribution >= 4 is 18.2 Å². The zero-order chi connectivity index (χ0) is 13.7. The van der Waals surface area contributed by atoms with Crippen molar-refractivity contribution in [3.8, 4) is 0 Å². The quantitative estimate of drug-likeness (QED) is 0.458. The molecule has 0 aliphatic carbocycles. The van der Waals surface area contributed by atoms with E-state index in [2.05, 4.69) is 22.1 Å². The Morgan fingerprint density at radius 2 is 2.21 bits per heavy atom. The monoisotopic (exact) mass is 283 g/mol. The molecule has 0 aromatic carbocycles. The second-order valence-electron chi connectivity index (χ2n) is 5.16. The standard InChI is InChI=1S/C13H21N3O2S/c1-2-3-4-5-6-10-7-9(12(17)18-10)8-11-14-13(19)16-15-11/h9-10H,2-8H2,1H3,(H2,14,15,16,19)/t9-,10+/m0/s1. The minimum atomic E-state index is -0.0946. The molecule has 5 nitrogen and oxygen atoms in total. The van der Waals surface area contributed by atoms with Gasteiger partial charge in [-0.05, 0) is 31.5 Å². The fourth-order valence-corrected chi connectivity index (χ4v) is 2.66. The van der Waals surface area contributed by atoms with Crippen LogP contribution in [-0.4, -0.2) is 27.3 Å². The van der Waals surface area contributed by atoms with E-state index in [0.29, 0.717) is 11.2 Å². The van der Waals surface area contributed by atoms with Crippen molar-refractivity contribution in [2.24, 2.45) is 5.92 Å². The Balaban J connectivity index is 1.77. The van der Waals surface area contributed by atoms with Crippen molar-refractivity contribution in [3.63, 3.8) is 0 Å². The first-order valence-corrected chi connectivity index (χ1v) is 7.44. The first kappa shape index (κ1) is 14.2. The van der Waals surface area contributed by atoms with E-state index < -0.39 is 0 Å². The fourth-order valence-electron chi connectivity index (χ4n) is 2.50. The van der Waals surface area contributed by atoms with Gasteiger partial charge in [-0.25, -0.2) is 4.98 Å². The number of ether oxygens (including phenoxy) is 1. The van der Waals surface area contributed by atoms with Crippen molar-refractivity contribution in [2.45, 2.75) is 58.0 Å². The van der Waals surface area contributed by atoms with E-state index in [0.717, 1.165) is 25.1 Å². The summed E-state index contributed by atoms with van der Waals surface area (Å²) in [4.78, 5) is 15.9. The van der Waals surface area contributed by atoms with Crippen molar-refractivity contribution in [3.05, 3.63) is 10.6 Å². The van der Waals surface area contributed by atoms with Gasteiger partial charge in [0, 0.05) is 6.42 Å². The van der Waals surface area contributed by atoms with Gasteiger partial charge in [0.25, 0.3) is 0 Å². The molecule has 2 heterocycles. The van der Waals surface area contributed by atoms with E-state index >= 15 is 0 Å². The SMILES string of the molecule is CCCCCC[C@@H]1C[C@@H](Cc2nc(=S)[nH][nH]2)C(=O)O1. The molecule has 0 amide bonds. The maximum Gasteiger partial charge on any atom is 0.309 e. The van der Waals surface area contributed by atoms with Crippen LogP contribution in [0.25, 0.3) is 0 Å². The third kappa shape index (κ3) is 4.16. The Morgan fingerprint density at radius 1 is 1.37 bits per heavy atom. The fraction of sp³-hybridized carbons (Fsp3) is 0.769. The van der Waals surface area contributed by atoms with Crippen LogP contribution in [-0.2, 0) is 16.0 Å². The Morgan fingerprint density at radius 3 is 2.89 bits per heavy atom. The van der Waals surface area contributed by atoms with E-state index in [1.807, 2.05) is 0 Å². The van der Waals surface area contributed by atoms with Crippen LogP contribution >= 0.6 is 12.2 Å². The van der Waals surface area contributed by atoms with Crippen molar-refractivity contribution in [2.75, 3.05) is 0 Å². The number of hydrogen-bond donors (Lipinski definition) is 2. The number of carbonyl (C=O) groups excluding carboxylic acids is 1. The highest BCUT2D eigenvalue weighted by Gasteiger charge is 2.34. The summed E-state index contributed by atoms with van der Waals surface area (Å²) >= 11 is 4.89. The lowest BCUT2D eigenvalue weighted by Crippen LogP contribution is -2.11. The second kappa shape index (κ2) is 6.84. The molecule has 106 valence electrons. The average molecular weight is 283 g/mol. The molecule has 1 aromatic rings. The number of cyclic esters (lactones) is 1. The molecule has 1 aromatic heterocycles. The number of carbonyl (C=O) groups is 1. The average Bonchev–Trinajstić information content (AvgIpc) is 2.93. The summed E-state index contributed by atoms with van der Waals surface area (Å²) in [6.07, 6.45) is 7.32. The highest BCUT2D eigenvalue weighted by molar-refractivity contribution is 7.71. The third-order valence-corrected chi connectivity index (χ3v) is 3.73. The first-order chi connectivity index (χ1) is 9.19. The number of H-pyrrole nitrogens is 2. The van der Waals surface area contributed by atoms with Gasteiger partial charge in [-0.15, -0.1) is 0 Å². The first-order valence-electron chi connectivity index (χ1n) is 7.03. The maximum absolute atomic E-state index is 11.8. The van der Waals surface area contributed by atoms with Crippen molar-refractivity contribution in [1.82, 2.24) is 15.2 Å². The molecule has 0 radical (unpaired) electrons. The Kier molecular flexibility index (Phi) is 5.13. The van der Waals surface area contributed by atoms with Gasteiger partial charge in [0.1, 0.15) is 11.9 Å². The van der Waals surface area contributed by atoms with Crippen LogP contribution in [0.5, 0.6) is 0 Å². The van der Waals surface area contributed by atoms with E-state index in [9.17, 15) is 4.79 Å². The van der Waals surface area contributed by atoms with Gasteiger partial charge in [-0.1, -0.05) is 26.2 Å². The molecule has 6 heteroatoms. The summed E-state index contributed by atoms with van der Waals surface area (Å²) in [7, 11) is 0. The Hall–Kier alpha value is -1.17. The third-order valence-electron chi connectivity index (χ3n) is 3.53. The summed E-state index contributed by atoms with van der Waals surface area (Å²) < 4.78 is 5.84. The molecule has 1 fully saturated rings. The molecule has 2 atom stereocenters. The van der Waals surface area contributed by atoms with Crippen LogP contribution < -0.4 is 0 Å². The molecule has 2 rings (SSSR count). The van der Waals surface area contributed by atoms with E-state index in [1.165, 1.54) is 19.3 Å². The molecule has 1 aliphatic heterocycles. The Bertz CT molecular complexity index is 468. The van der Waals surface area contributed by atoms with Crippen LogP contribution in [0.4, 0.5) is 0 Å². The molecule has 1 aliphatic rings. The van der Waals surface area contributed by atoms with Gasteiger partial charge in [-0.3, -0.25) is 15.0 Å². The largest absolute Gasteiger partial charge is 0.462 e. The zero-order valence-corrected chi connectivity index (χ0v) is 12.1. The van der Waals surface area contributed by atoms with Crippen LogP contribution in [0.1, 0.15) is 51.3 Å². The van der Waals surface area contributed by atoms with Gasteiger partial charge in [0.15, 0.2) is 0 Å². The highest BCUT2D eigenvalue weighted by Crippen LogP contribution is 2.27. The van der Waals surface area contributed by atoms with Crippen LogP contribution in [0, 0.1) is 10.7 Å². The van der Waals surface area contributed by atoms with Crippen molar-refractivity contribution < 1.29 is 9.53 Å². The molecule has 0 saturated carbocycles. The number of hydrogen-bond acceptors (Lipinski definition) is 4. The summed E-state index contributed by atoms with van der Waals surface area (Å²) in [5, 5.41) is 5.62. The predicted octanol–water partition coefficient (Wildman–Crippen LogP) is 2.91. The number of aromatic nitrogens is 3. The highest BCUT2D eigenvalue weighted by atomic mass is 32.1. The molecular formula is C13H21N3O2S. The molecule has 2 N–H and O–H groups in total. The lowest BCUT2D eigenvalue weighted by Gasteiger charge is -2.07. The number of rotatable bonds is 7. The number of nitrogens with one attached hydrogen (secondary N) is 2. The summed E-state index contributed by atoms with van der Waals surface area (Å²) in [6.45, 7) is 2.19. The molecule has 0 unspecified atom stereocenters. The topological polar surface area (TPSA) is 70.8 Å². The lowest BCUT2D eigenvalue weighted by atomic mass is 9.98. The van der Waals surface area contributed by atoms with Gasteiger partial charge < -0.3 is 4.74 Å². The van der Waals surface area contributed by atoms with Crippen LogP contribution in [0.15, 0.2) is 0 Å². The minimum Gasteiger partial charge on any atom is -0.462 e. The summed E-state index contributed by atoms with van der Waals surface area (Å²) in [5.74, 6) is 0.562. The molecular weight excluding hydrogens is 262 g/mol. The van der Waals surface area contributed by atoms with Crippen LogP contribution in [0.3, 0.4) is 0 Å². The van der Waals surface area contributed by atoms with E-state index in [-0.39, 0.29) is 18.0 Å². The van der Waals surface area contributed by atoms with Gasteiger partial charge >= 0.3 is 5.97 Å². The van der Waals surface area contributed by atoms with Gasteiger partial charge in [-0.2, -0.15) is 0 Å². The number of esters is 1. The van der Waals surface area contributed by atoms with E-state index in [4.69, 9.17) is 17.0 Å². The summed E-state index contributed by atoms with van der Waals surface area (Å²) in [5.41, 5.74) is 0. The Labute approximate surface area is 118 Å². The van der Waals surface area contributed by atoms with Gasteiger partial charge in [0.05, 0.1) is 5.92 Å². The minimum absolute atomic E-state index is 0.0786. The number of unbranched alkanes of at least 4 members (excludes halogenated alkanes) is 3. The normalized spacial score (nSPS) is 22.7. The molecule has 19 heavy (non-hydrogen) atoms. The predicted molar refractivity (Wildman–Crippen MR) is 74.2 cm³/mol.